The monoisotopic (exact) mass is 382 g/mol. The van der Waals surface area contributed by atoms with Crippen molar-refractivity contribution in [2.45, 2.75) is 6.92 Å². The molecule has 2 aromatic rings. The van der Waals surface area contributed by atoms with Crippen molar-refractivity contribution in [1.29, 1.82) is 0 Å². The van der Waals surface area contributed by atoms with Gasteiger partial charge in [-0.05, 0) is 30.7 Å². The molecule has 6 nitrogen and oxygen atoms in total. The number of carbonyl (C=O) groups excluding carboxylic acids is 2. The first-order valence-corrected chi connectivity index (χ1v) is 8.10. The summed E-state index contributed by atoms with van der Waals surface area (Å²) in [6.07, 6.45) is 1.60. The van der Waals surface area contributed by atoms with Gasteiger partial charge in [0.15, 0.2) is 5.13 Å². The van der Waals surface area contributed by atoms with Gasteiger partial charge in [-0.25, -0.2) is 9.78 Å². The van der Waals surface area contributed by atoms with Gasteiger partial charge in [-0.15, -0.1) is 11.3 Å². The van der Waals surface area contributed by atoms with E-state index in [4.69, 9.17) is 0 Å². The summed E-state index contributed by atoms with van der Waals surface area (Å²) in [7, 11) is 1.55. The molecule has 0 spiro atoms. The van der Waals surface area contributed by atoms with Crippen LogP contribution >= 0.6 is 27.3 Å². The molecule has 22 heavy (non-hydrogen) atoms. The predicted molar refractivity (Wildman–Crippen MR) is 91.3 cm³/mol. The first-order chi connectivity index (χ1) is 10.5. The molecule has 0 fully saturated rings. The van der Waals surface area contributed by atoms with Crippen LogP contribution in [0.4, 0.5) is 15.6 Å². The van der Waals surface area contributed by atoms with E-state index in [1.54, 1.807) is 18.6 Å². The summed E-state index contributed by atoms with van der Waals surface area (Å²) < 4.78 is 0.947. The lowest BCUT2D eigenvalue weighted by Gasteiger charge is -2.17. The fourth-order valence-corrected chi connectivity index (χ4v) is 2.71. The lowest BCUT2D eigenvalue weighted by atomic mass is 10.2. The SMILES string of the molecule is Cc1cc(Br)ccc1NC(=O)CN(C)C(=O)Nc1nccs1. The molecule has 8 heteroatoms. The molecule has 0 bridgehead atoms. The van der Waals surface area contributed by atoms with Gasteiger partial charge in [0.05, 0.1) is 0 Å². The second-order valence-corrected chi connectivity index (χ2v) is 6.44. The topological polar surface area (TPSA) is 74.3 Å². The van der Waals surface area contributed by atoms with Gasteiger partial charge >= 0.3 is 6.03 Å². The minimum atomic E-state index is -0.377. The normalized spacial score (nSPS) is 10.1. The number of hydrogen-bond donors (Lipinski definition) is 2. The van der Waals surface area contributed by atoms with Gasteiger partial charge in [0.1, 0.15) is 6.54 Å². The van der Waals surface area contributed by atoms with Gasteiger partial charge in [0.25, 0.3) is 0 Å². The number of nitrogens with zero attached hydrogens (tertiary/aromatic N) is 2. The summed E-state index contributed by atoms with van der Waals surface area (Å²) >= 11 is 4.69. The van der Waals surface area contributed by atoms with E-state index in [2.05, 4.69) is 31.5 Å². The summed E-state index contributed by atoms with van der Waals surface area (Å²) in [6, 6.07) is 5.20. The zero-order valence-corrected chi connectivity index (χ0v) is 14.5. The van der Waals surface area contributed by atoms with Crippen molar-refractivity contribution in [2.75, 3.05) is 24.2 Å². The number of halogens is 1. The van der Waals surface area contributed by atoms with Crippen LogP contribution in [-0.4, -0.2) is 35.4 Å². The molecule has 1 aromatic carbocycles. The van der Waals surface area contributed by atoms with Gasteiger partial charge in [-0.2, -0.15) is 0 Å². The third kappa shape index (κ3) is 4.54. The van der Waals surface area contributed by atoms with Crippen LogP contribution in [0.1, 0.15) is 5.56 Å². The molecule has 0 unspecified atom stereocenters. The number of aromatic nitrogens is 1. The number of thiazole rings is 1. The second-order valence-electron chi connectivity index (χ2n) is 4.63. The summed E-state index contributed by atoms with van der Waals surface area (Å²) in [6.45, 7) is 1.85. The number of aryl methyl sites for hydroxylation is 1. The van der Waals surface area contributed by atoms with Crippen LogP contribution < -0.4 is 10.6 Å². The fourth-order valence-electron chi connectivity index (χ4n) is 1.72. The standard InChI is InChI=1S/C14H15BrN4O2S/c1-9-7-10(15)3-4-11(9)17-12(20)8-19(2)14(21)18-13-16-5-6-22-13/h3-7H,8H2,1-2H3,(H,17,20)(H,16,18,21). The molecule has 116 valence electrons. The Morgan fingerprint density at radius 1 is 1.36 bits per heavy atom. The second kappa shape index (κ2) is 7.37. The molecular weight excluding hydrogens is 368 g/mol. The molecule has 0 saturated heterocycles. The van der Waals surface area contributed by atoms with Crippen LogP contribution in [0.2, 0.25) is 0 Å². The lowest BCUT2D eigenvalue weighted by molar-refractivity contribution is -0.116. The molecule has 0 aliphatic heterocycles. The highest BCUT2D eigenvalue weighted by Gasteiger charge is 2.14. The Morgan fingerprint density at radius 3 is 2.77 bits per heavy atom. The minimum Gasteiger partial charge on any atom is -0.324 e. The van der Waals surface area contributed by atoms with E-state index in [1.807, 2.05) is 25.1 Å². The number of anilines is 2. The maximum Gasteiger partial charge on any atom is 0.323 e. The van der Waals surface area contributed by atoms with E-state index in [-0.39, 0.29) is 18.5 Å². The summed E-state index contributed by atoms with van der Waals surface area (Å²) in [4.78, 5) is 29.2. The van der Waals surface area contributed by atoms with Crippen molar-refractivity contribution in [3.63, 3.8) is 0 Å². The van der Waals surface area contributed by atoms with Crippen LogP contribution in [0, 0.1) is 6.92 Å². The molecule has 1 aromatic heterocycles. The van der Waals surface area contributed by atoms with Crippen molar-refractivity contribution >= 4 is 50.0 Å². The Kier molecular flexibility index (Phi) is 5.51. The number of hydrogen-bond acceptors (Lipinski definition) is 4. The number of benzene rings is 1. The van der Waals surface area contributed by atoms with E-state index in [9.17, 15) is 9.59 Å². The molecule has 0 atom stereocenters. The smallest absolute Gasteiger partial charge is 0.323 e. The summed E-state index contributed by atoms with van der Waals surface area (Å²) in [5, 5.41) is 7.67. The number of carbonyl (C=O) groups is 2. The molecule has 2 rings (SSSR count). The van der Waals surface area contributed by atoms with Crippen LogP contribution in [-0.2, 0) is 4.79 Å². The summed E-state index contributed by atoms with van der Waals surface area (Å²) in [5.74, 6) is -0.262. The van der Waals surface area contributed by atoms with Crippen LogP contribution in [0.5, 0.6) is 0 Å². The Labute approximate surface area is 140 Å². The predicted octanol–water partition coefficient (Wildman–Crippen LogP) is 3.32. The molecule has 0 aliphatic rings. The molecule has 3 amide bonds. The Hall–Kier alpha value is -1.93. The molecule has 0 aliphatic carbocycles. The van der Waals surface area contributed by atoms with E-state index in [1.165, 1.54) is 16.2 Å². The zero-order chi connectivity index (χ0) is 16.1. The van der Waals surface area contributed by atoms with E-state index < -0.39 is 0 Å². The number of rotatable bonds is 4. The van der Waals surface area contributed by atoms with Crippen molar-refractivity contribution in [2.24, 2.45) is 0 Å². The highest BCUT2D eigenvalue weighted by atomic mass is 79.9. The third-order valence-electron chi connectivity index (χ3n) is 2.84. The molecule has 2 N–H and O–H groups in total. The van der Waals surface area contributed by atoms with E-state index >= 15 is 0 Å². The average Bonchev–Trinajstić information content (AvgIpc) is 2.94. The summed E-state index contributed by atoms with van der Waals surface area (Å²) in [5.41, 5.74) is 1.67. The maximum absolute atomic E-state index is 12.0. The minimum absolute atomic E-state index is 0.0489. The van der Waals surface area contributed by atoms with Gasteiger partial charge in [-0.3, -0.25) is 10.1 Å². The number of likely N-dealkylation sites (N-methyl/N-ethyl adjacent to an activating group) is 1. The largest absolute Gasteiger partial charge is 0.324 e. The average molecular weight is 383 g/mol. The van der Waals surface area contributed by atoms with Crippen molar-refractivity contribution in [1.82, 2.24) is 9.88 Å². The van der Waals surface area contributed by atoms with Gasteiger partial charge in [-0.1, -0.05) is 15.9 Å². The Balaban J connectivity index is 1.89. The quantitative estimate of drug-likeness (QED) is 0.851. The highest BCUT2D eigenvalue weighted by Crippen LogP contribution is 2.20. The highest BCUT2D eigenvalue weighted by molar-refractivity contribution is 9.10. The fraction of sp³-hybridized carbons (Fsp3) is 0.214. The van der Waals surface area contributed by atoms with Crippen LogP contribution in [0.3, 0.4) is 0 Å². The van der Waals surface area contributed by atoms with E-state index in [0.29, 0.717) is 5.13 Å². The maximum atomic E-state index is 12.0. The zero-order valence-electron chi connectivity index (χ0n) is 12.1. The third-order valence-corrected chi connectivity index (χ3v) is 4.02. The molecule has 0 saturated carbocycles. The van der Waals surface area contributed by atoms with E-state index in [0.717, 1.165) is 15.7 Å². The van der Waals surface area contributed by atoms with Gasteiger partial charge < -0.3 is 10.2 Å². The van der Waals surface area contributed by atoms with Gasteiger partial charge in [0, 0.05) is 28.8 Å². The van der Waals surface area contributed by atoms with Crippen LogP contribution in [0.15, 0.2) is 34.2 Å². The lowest BCUT2D eigenvalue weighted by Crippen LogP contribution is -2.37. The molecule has 1 heterocycles. The number of urea groups is 1. The first kappa shape index (κ1) is 16.4. The number of amides is 3. The molecule has 0 radical (unpaired) electrons. The Morgan fingerprint density at radius 2 is 2.14 bits per heavy atom. The van der Waals surface area contributed by atoms with Crippen molar-refractivity contribution in [3.05, 3.63) is 39.8 Å². The van der Waals surface area contributed by atoms with Crippen molar-refractivity contribution < 1.29 is 9.59 Å². The Bertz CT molecular complexity index is 675. The van der Waals surface area contributed by atoms with Gasteiger partial charge in [0.2, 0.25) is 5.91 Å². The number of nitrogens with one attached hydrogen (secondary N) is 2. The van der Waals surface area contributed by atoms with Crippen molar-refractivity contribution in [3.8, 4) is 0 Å². The van der Waals surface area contributed by atoms with Crippen LogP contribution in [0.25, 0.3) is 0 Å². The first-order valence-electron chi connectivity index (χ1n) is 6.43. The molecular formula is C14H15BrN4O2S.